The molecule has 1 amide bonds. The van der Waals surface area contributed by atoms with Crippen LogP contribution in [0.25, 0.3) is 0 Å². The van der Waals surface area contributed by atoms with Gasteiger partial charge < -0.3 is 15.4 Å². The van der Waals surface area contributed by atoms with E-state index in [0.717, 1.165) is 38.2 Å². The normalized spacial score (nSPS) is 15.5. The summed E-state index contributed by atoms with van der Waals surface area (Å²) in [6.07, 6.45) is 4.48. The number of ether oxygens (including phenoxy) is 1. The zero-order valence-corrected chi connectivity index (χ0v) is 18.1. The van der Waals surface area contributed by atoms with Gasteiger partial charge in [0.15, 0.2) is 0 Å². The lowest BCUT2D eigenvalue weighted by Gasteiger charge is -2.32. The molecule has 150 valence electrons. The van der Waals surface area contributed by atoms with Gasteiger partial charge in [-0.05, 0) is 93.1 Å². The Bertz CT molecular complexity index is 801. The third kappa shape index (κ3) is 5.82. The first-order chi connectivity index (χ1) is 13.5. The molecule has 0 atom stereocenters. The molecule has 0 bridgehead atoms. The van der Waals surface area contributed by atoms with Crippen molar-refractivity contribution in [3.05, 3.63) is 63.6 Å². The lowest BCUT2D eigenvalue weighted by atomic mass is 9.90. The molecule has 0 unspecified atom stereocenters. The van der Waals surface area contributed by atoms with Crippen molar-refractivity contribution in [2.24, 2.45) is 11.7 Å². The monoisotopic (exact) mass is 444 g/mol. The first-order valence-electron chi connectivity index (χ1n) is 10.1. The molecule has 2 aromatic carbocycles. The Hall–Kier alpha value is -1.85. The van der Waals surface area contributed by atoms with Crippen LogP contribution in [0.2, 0.25) is 0 Å². The molecule has 0 radical (unpaired) electrons. The number of hydrogen-bond donors (Lipinski definition) is 1. The number of nitrogens with zero attached hydrogens (tertiary/aromatic N) is 1. The molecule has 1 heterocycles. The van der Waals surface area contributed by atoms with Crippen molar-refractivity contribution in [2.75, 3.05) is 26.2 Å². The topological polar surface area (TPSA) is 55.6 Å². The Kier molecular flexibility index (Phi) is 7.51. The summed E-state index contributed by atoms with van der Waals surface area (Å²) in [7, 11) is 0. The van der Waals surface area contributed by atoms with E-state index in [-0.39, 0.29) is 5.91 Å². The molecule has 3 rings (SSSR count). The van der Waals surface area contributed by atoms with Crippen molar-refractivity contribution >= 4 is 21.8 Å². The van der Waals surface area contributed by atoms with Crippen LogP contribution in [0, 0.1) is 5.92 Å². The third-order valence-corrected chi connectivity index (χ3v) is 6.25. The van der Waals surface area contributed by atoms with Gasteiger partial charge in [-0.15, -0.1) is 0 Å². The Morgan fingerprint density at radius 3 is 2.71 bits per heavy atom. The van der Waals surface area contributed by atoms with Gasteiger partial charge in [-0.1, -0.05) is 28.1 Å². The zero-order chi connectivity index (χ0) is 19.9. The highest BCUT2D eigenvalue weighted by Crippen LogP contribution is 2.29. The highest BCUT2D eigenvalue weighted by molar-refractivity contribution is 9.10. The number of hydrogen-bond acceptors (Lipinski definition) is 3. The molecule has 4 nitrogen and oxygen atoms in total. The van der Waals surface area contributed by atoms with E-state index in [1.807, 2.05) is 25.1 Å². The summed E-state index contributed by atoms with van der Waals surface area (Å²) in [5, 5.41) is 0. The molecule has 2 N–H and O–H groups in total. The van der Waals surface area contributed by atoms with Crippen LogP contribution < -0.4 is 10.5 Å². The average Bonchev–Trinajstić information content (AvgIpc) is 2.70. The van der Waals surface area contributed by atoms with E-state index in [2.05, 4.69) is 39.0 Å². The lowest BCUT2D eigenvalue weighted by molar-refractivity contribution is 0.1000. The second-order valence-corrected chi connectivity index (χ2v) is 8.34. The summed E-state index contributed by atoms with van der Waals surface area (Å²) < 4.78 is 6.82. The summed E-state index contributed by atoms with van der Waals surface area (Å²) in [6, 6.07) is 14.0. The van der Waals surface area contributed by atoms with E-state index >= 15 is 0 Å². The Labute approximate surface area is 176 Å². The predicted molar refractivity (Wildman–Crippen MR) is 117 cm³/mol. The smallest absolute Gasteiger partial charge is 0.248 e. The van der Waals surface area contributed by atoms with Crippen molar-refractivity contribution in [1.82, 2.24) is 4.90 Å². The maximum Gasteiger partial charge on any atom is 0.248 e. The van der Waals surface area contributed by atoms with Gasteiger partial charge in [0.1, 0.15) is 5.75 Å². The van der Waals surface area contributed by atoms with E-state index in [0.29, 0.717) is 18.1 Å². The molecule has 0 aromatic heterocycles. The number of likely N-dealkylation sites (tertiary alicyclic amines) is 1. The van der Waals surface area contributed by atoms with Crippen molar-refractivity contribution in [2.45, 2.75) is 32.6 Å². The summed E-state index contributed by atoms with van der Waals surface area (Å²) in [4.78, 5) is 13.9. The third-order valence-electron chi connectivity index (χ3n) is 5.47. The van der Waals surface area contributed by atoms with E-state index in [1.54, 1.807) is 6.07 Å². The van der Waals surface area contributed by atoms with Crippen LogP contribution in [0.4, 0.5) is 0 Å². The van der Waals surface area contributed by atoms with Gasteiger partial charge >= 0.3 is 0 Å². The van der Waals surface area contributed by atoms with Gasteiger partial charge in [-0.3, -0.25) is 4.79 Å². The van der Waals surface area contributed by atoms with Gasteiger partial charge in [-0.2, -0.15) is 0 Å². The molecule has 28 heavy (non-hydrogen) atoms. The molecule has 1 saturated heterocycles. The fourth-order valence-electron chi connectivity index (χ4n) is 3.86. The minimum Gasteiger partial charge on any atom is -0.494 e. The molecule has 0 saturated carbocycles. The van der Waals surface area contributed by atoms with Crippen LogP contribution in [0.15, 0.2) is 46.9 Å². The van der Waals surface area contributed by atoms with E-state index in [4.69, 9.17) is 10.5 Å². The minimum absolute atomic E-state index is 0.359. The van der Waals surface area contributed by atoms with Crippen LogP contribution in [0.5, 0.6) is 5.75 Å². The second-order valence-electron chi connectivity index (χ2n) is 7.49. The number of nitrogens with two attached hydrogens (primary N) is 1. The summed E-state index contributed by atoms with van der Waals surface area (Å²) in [5.41, 5.74) is 8.49. The highest BCUT2D eigenvalue weighted by Gasteiger charge is 2.20. The standard InChI is InChI=1S/C23H29BrN2O2/c1-2-28-21-6-7-22(24)20(16-21)15-18-9-12-26(13-10-18)11-8-17-4-3-5-19(14-17)23(25)27/h3-7,14,16,18H,2,8-13,15H2,1H3,(H2,25,27). The van der Waals surface area contributed by atoms with Crippen LogP contribution in [-0.4, -0.2) is 37.0 Å². The maximum atomic E-state index is 11.3. The minimum atomic E-state index is -0.359. The largest absolute Gasteiger partial charge is 0.494 e. The Morgan fingerprint density at radius 1 is 1.21 bits per heavy atom. The number of piperidine rings is 1. The second kappa shape index (κ2) is 10.1. The summed E-state index contributed by atoms with van der Waals surface area (Å²) in [5.74, 6) is 1.31. The molecule has 1 aliphatic rings. The van der Waals surface area contributed by atoms with Crippen LogP contribution in [0.1, 0.15) is 41.3 Å². The number of carbonyl (C=O) groups excluding carboxylic acids is 1. The Balaban J connectivity index is 1.48. The van der Waals surface area contributed by atoms with Gasteiger partial charge in [0, 0.05) is 16.6 Å². The number of halogens is 1. The molecular formula is C23H29BrN2O2. The van der Waals surface area contributed by atoms with Gasteiger partial charge in [0.05, 0.1) is 6.61 Å². The molecule has 2 aromatic rings. The fourth-order valence-corrected chi connectivity index (χ4v) is 4.26. The van der Waals surface area contributed by atoms with E-state index in [9.17, 15) is 4.79 Å². The van der Waals surface area contributed by atoms with E-state index < -0.39 is 0 Å². The molecule has 5 heteroatoms. The number of benzene rings is 2. The SMILES string of the molecule is CCOc1ccc(Br)c(CC2CCN(CCc3cccc(C(N)=O)c3)CC2)c1. The number of carbonyl (C=O) groups is 1. The van der Waals surface area contributed by atoms with Gasteiger partial charge in [0.25, 0.3) is 0 Å². The number of amides is 1. The van der Waals surface area contributed by atoms with Crippen LogP contribution in [0.3, 0.4) is 0 Å². The van der Waals surface area contributed by atoms with Gasteiger partial charge in [-0.25, -0.2) is 0 Å². The van der Waals surface area contributed by atoms with Crippen LogP contribution in [-0.2, 0) is 12.8 Å². The van der Waals surface area contributed by atoms with Gasteiger partial charge in [0.2, 0.25) is 5.91 Å². The molecule has 1 fully saturated rings. The number of primary amides is 1. The van der Waals surface area contributed by atoms with Crippen molar-refractivity contribution < 1.29 is 9.53 Å². The molecule has 1 aliphatic heterocycles. The van der Waals surface area contributed by atoms with Crippen LogP contribution >= 0.6 is 15.9 Å². The number of rotatable bonds is 8. The quantitative estimate of drug-likeness (QED) is 0.654. The van der Waals surface area contributed by atoms with Crippen molar-refractivity contribution in [1.29, 1.82) is 0 Å². The molecule has 0 aliphatic carbocycles. The molecular weight excluding hydrogens is 416 g/mol. The van der Waals surface area contributed by atoms with Crippen molar-refractivity contribution in [3.8, 4) is 5.75 Å². The average molecular weight is 445 g/mol. The predicted octanol–water partition coefficient (Wildman–Crippen LogP) is 4.44. The van der Waals surface area contributed by atoms with Crippen molar-refractivity contribution in [3.63, 3.8) is 0 Å². The Morgan fingerprint density at radius 2 is 2.00 bits per heavy atom. The fraction of sp³-hybridized carbons (Fsp3) is 0.435. The first-order valence-corrected chi connectivity index (χ1v) is 10.9. The maximum absolute atomic E-state index is 11.3. The first kappa shape index (κ1) is 20.9. The zero-order valence-electron chi connectivity index (χ0n) is 16.5. The highest BCUT2D eigenvalue weighted by atomic mass is 79.9. The summed E-state index contributed by atoms with van der Waals surface area (Å²) >= 11 is 3.69. The summed E-state index contributed by atoms with van der Waals surface area (Å²) in [6.45, 7) is 5.99. The lowest BCUT2D eigenvalue weighted by Crippen LogP contribution is -2.35. The van der Waals surface area contributed by atoms with E-state index in [1.165, 1.54) is 28.4 Å². The molecule has 0 spiro atoms.